The summed E-state index contributed by atoms with van der Waals surface area (Å²) in [5, 5.41) is 2.78. The van der Waals surface area contributed by atoms with E-state index in [1.54, 1.807) is 32.9 Å². The van der Waals surface area contributed by atoms with Crippen molar-refractivity contribution in [3.05, 3.63) is 18.2 Å². The van der Waals surface area contributed by atoms with E-state index < -0.39 is 10.0 Å². The number of rotatable bonds is 8. The Morgan fingerprint density at radius 3 is 2.43 bits per heavy atom. The van der Waals surface area contributed by atoms with Crippen molar-refractivity contribution in [3.8, 4) is 5.75 Å². The number of sulfonamides is 1. The molecular formula is C16H24N2O4S. The molecule has 0 unspecified atom stereocenters. The molecule has 0 aromatic heterocycles. The summed E-state index contributed by atoms with van der Waals surface area (Å²) in [5.74, 6) is 0.313. The highest BCUT2D eigenvalue weighted by Crippen LogP contribution is 2.33. The number of nitrogens with zero attached hydrogens (tertiary/aromatic N) is 1. The Morgan fingerprint density at radius 1 is 1.26 bits per heavy atom. The van der Waals surface area contributed by atoms with E-state index >= 15 is 0 Å². The number of nitrogens with one attached hydrogen (secondary N) is 1. The third-order valence-corrected chi connectivity index (χ3v) is 5.85. The van der Waals surface area contributed by atoms with Gasteiger partial charge in [0.1, 0.15) is 10.6 Å². The zero-order valence-electron chi connectivity index (χ0n) is 13.8. The van der Waals surface area contributed by atoms with Gasteiger partial charge in [-0.25, -0.2) is 8.42 Å². The molecule has 0 spiro atoms. The topological polar surface area (TPSA) is 75.7 Å². The van der Waals surface area contributed by atoms with Crippen molar-refractivity contribution in [2.75, 3.05) is 25.0 Å². The first-order valence-electron chi connectivity index (χ1n) is 8.01. The van der Waals surface area contributed by atoms with Crippen LogP contribution in [-0.2, 0) is 14.8 Å². The van der Waals surface area contributed by atoms with Gasteiger partial charge in [0.05, 0.1) is 6.61 Å². The minimum Gasteiger partial charge on any atom is -0.492 e. The molecule has 7 heteroatoms. The Hall–Kier alpha value is -1.60. The minimum absolute atomic E-state index is 0.0552. The fourth-order valence-corrected chi connectivity index (χ4v) is 3.97. The zero-order valence-corrected chi connectivity index (χ0v) is 14.6. The number of hydrogen-bond donors (Lipinski definition) is 1. The van der Waals surface area contributed by atoms with E-state index in [1.165, 1.54) is 10.4 Å². The Morgan fingerprint density at radius 2 is 1.91 bits per heavy atom. The molecule has 1 aliphatic carbocycles. The number of ether oxygens (including phenoxy) is 1. The largest absolute Gasteiger partial charge is 0.492 e. The number of carbonyl (C=O) groups excluding carboxylic acids is 1. The number of anilines is 1. The monoisotopic (exact) mass is 340 g/mol. The van der Waals surface area contributed by atoms with Crippen molar-refractivity contribution in [2.45, 2.75) is 38.5 Å². The minimum atomic E-state index is -3.66. The summed E-state index contributed by atoms with van der Waals surface area (Å²) in [5.41, 5.74) is 0.482. The van der Waals surface area contributed by atoms with Gasteiger partial charge in [0, 0.05) is 24.7 Å². The lowest BCUT2D eigenvalue weighted by atomic mass is 10.3. The van der Waals surface area contributed by atoms with Gasteiger partial charge in [-0.2, -0.15) is 4.31 Å². The van der Waals surface area contributed by atoms with Crippen molar-refractivity contribution < 1.29 is 17.9 Å². The average molecular weight is 340 g/mol. The Bertz CT molecular complexity index is 665. The van der Waals surface area contributed by atoms with Gasteiger partial charge >= 0.3 is 0 Å². The molecule has 1 amide bonds. The summed E-state index contributed by atoms with van der Waals surface area (Å²) in [6.07, 6.45) is 1.79. The maximum absolute atomic E-state index is 12.8. The molecule has 2 rings (SSSR count). The molecule has 128 valence electrons. The molecule has 1 aliphatic rings. The molecule has 0 saturated heterocycles. The van der Waals surface area contributed by atoms with Crippen molar-refractivity contribution >= 4 is 21.6 Å². The van der Waals surface area contributed by atoms with Gasteiger partial charge in [-0.1, -0.05) is 13.8 Å². The first kappa shape index (κ1) is 17.7. The molecule has 1 fully saturated rings. The van der Waals surface area contributed by atoms with Gasteiger partial charge < -0.3 is 10.1 Å². The van der Waals surface area contributed by atoms with Crippen LogP contribution in [0.15, 0.2) is 23.1 Å². The molecule has 0 bridgehead atoms. The first-order chi connectivity index (χ1) is 10.9. The smallest absolute Gasteiger partial charge is 0.246 e. The summed E-state index contributed by atoms with van der Waals surface area (Å²) in [6, 6.07) is 4.76. The van der Waals surface area contributed by atoms with E-state index in [9.17, 15) is 13.2 Å². The summed E-state index contributed by atoms with van der Waals surface area (Å²) >= 11 is 0. The van der Waals surface area contributed by atoms with Crippen LogP contribution >= 0.6 is 0 Å². The zero-order chi connectivity index (χ0) is 17.0. The Kier molecular flexibility index (Phi) is 5.64. The third kappa shape index (κ3) is 4.03. The number of benzene rings is 1. The fourth-order valence-electron chi connectivity index (χ4n) is 2.35. The molecule has 6 nitrogen and oxygen atoms in total. The lowest BCUT2D eigenvalue weighted by Gasteiger charge is -2.21. The number of hydrogen-bond acceptors (Lipinski definition) is 4. The van der Waals surface area contributed by atoms with E-state index in [0.29, 0.717) is 31.1 Å². The van der Waals surface area contributed by atoms with E-state index in [0.717, 1.165) is 12.8 Å². The highest BCUT2D eigenvalue weighted by atomic mass is 32.2. The van der Waals surface area contributed by atoms with Crippen molar-refractivity contribution in [1.82, 2.24) is 4.31 Å². The molecule has 0 atom stereocenters. The van der Waals surface area contributed by atoms with Crippen LogP contribution in [0.4, 0.5) is 5.69 Å². The highest BCUT2D eigenvalue weighted by Gasteiger charge is 2.30. The van der Waals surface area contributed by atoms with Crippen LogP contribution in [0.2, 0.25) is 0 Å². The molecule has 0 radical (unpaired) electrons. The van der Waals surface area contributed by atoms with Gasteiger partial charge in [-0.15, -0.1) is 0 Å². The predicted octanol–water partition coefficient (Wildman–Crippen LogP) is 2.46. The second-order valence-electron chi connectivity index (χ2n) is 5.45. The van der Waals surface area contributed by atoms with Crippen LogP contribution in [0.3, 0.4) is 0 Å². The van der Waals surface area contributed by atoms with Gasteiger partial charge in [-0.3, -0.25) is 4.79 Å². The maximum Gasteiger partial charge on any atom is 0.246 e. The number of amides is 1. The first-order valence-corrected chi connectivity index (χ1v) is 9.45. The van der Waals surface area contributed by atoms with E-state index in [1.807, 2.05) is 0 Å². The fraction of sp³-hybridized carbons (Fsp3) is 0.562. The summed E-state index contributed by atoms with van der Waals surface area (Å²) < 4.78 is 32.5. The van der Waals surface area contributed by atoms with Gasteiger partial charge in [-0.05, 0) is 38.0 Å². The van der Waals surface area contributed by atoms with Crippen LogP contribution in [0.5, 0.6) is 5.75 Å². The van der Waals surface area contributed by atoms with Crippen molar-refractivity contribution in [3.63, 3.8) is 0 Å². The third-order valence-electron chi connectivity index (χ3n) is 3.78. The molecule has 0 aliphatic heterocycles. The van der Waals surface area contributed by atoms with E-state index in [4.69, 9.17) is 4.74 Å². The molecule has 1 aromatic rings. The van der Waals surface area contributed by atoms with E-state index in [-0.39, 0.29) is 16.7 Å². The van der Waals surface area contributed by atoms with Crippen LogP contribution < -0.4 is 10.1 Å². The van der Waals surface area contributed by atoms with Crippen molar-refractivity contribution in [1.29, 1.82) is 0 Å². The highest BCUT2D eigenvalue weighted by molar-refractivity contribution is 7.89. The second-order valence-corrected chi connectivity index (χ2v) is 7.35. The molecule has 1 N–H and O–H groups in total. The van der Waals surface area contributed by atoms with Crippen LogP contribution in [0.25, 0.3) is 0 Å². The summed E-state index contributed by atoms with van der Waals surface area (Å²) in [6.45, 7) is 6.51. The van der Waals surface area contributed by atoms with Crippen LogP contribution in [0, 0.1) is 5.92 Å². The predicted molar refractivity (Wildman–Crippen MR) is 89.1 cm³/mol. The summed E-state index contributed by atoms with van der Waals surface area (Å²) in [4.78, 5) is 12.0. The second kappa shape index (κ2) is 7.31. The molecule has 1 saturated carbocycles. The average Bonchev–Trinajstić information content (AvgIpc) is 3.34. The Balaban J connectivity index is 2.38. The lowest BCUT2D eigenvalue weighted by Crippen LogP contribution is -2.31. The van der Waals surface area contributed by atoms with E-state index in [2.05, 4.69) is 5.32 Å². The molecular weight excluding hydrogens is 316 g/mol. The number of carbonyl (C=O) groups is 1. The maximum atomic E-state index is 12.8. The SMILES string of the molecule is CCOc1ccc(NC(=O)C2CC2)cc1S(=O)(=O)N(CC)CC. The van der Waals surface area contributed by atoms with Crippen LogP contribution in [-0.4, -0.2) is 38.3 Å². The molecule has 23 heavy (non-hydrogen) atoms. The Labute approximate surface area is 137 Å². The van der Waals surface area contributed by atoms with Crippen LogP contribution in [0.1, 0.15) is 33.6 Å². The normalized spacial score (nSPS) is 14.8. The summed E-state index contributed by atoms with van der Waals surface area (Å²) in [7, 11) is -3.66. The standard InChI is InChI=1S/C16H24N2O4S/c1-4-18(5-2)23(20,21)15-11-13(9-10-14(15)22-6-3)17-16(19)12-7-8-12/h9-12H,4-8H2,1-3H3,(H,17,19). The lowest BCUT2D eigenvalue weighted by molar-refractivity contribution is -0.117. The van der Waals surface area contributed by atoms with Gasteiger partial charge in [0.25, 0.3) is 0 Å². The van der Waals surface area contributed by atoms with Gasteiger partial charge in [0.2, 0.25) is 15.9 Å². The van der Waals surface area contributed by atoms with Gasteiger partial charge in [0.15, 0.2) is 0 Å². The van der Waals surface area contributed by atoms with Crippen molar-refractivity contribution in [2.24, 2.45) is 5.92 Å². The quantitative estimate of drug-likeness (QED) is 0.789. The molecule has 1 aromatic carbocycles. The molecule has 0 heterocycles.